The summed E-state index contributed by atoms with van der Waals surface area (Å²) in [6.45, 7) is 0. The molecule has 1 aliphatic heterocycles. The molecule has 0 amide bonds. The van der Waals surface area contributed by atoms with E-state index in [0.717, 1.165) is 4.47 Å². The Kier molecular flexibility index (Phi) is 3.34. The van der Waals surface area contributed by atoms with Crippen LogP contribution in [0.1, 0.15) is 0 Å². The summed E-state index contributed by atoms with van der Waals surface area (Å²) in [4.78, 5) is 2.36. The van der Waals surface area contributed by atoms with Gasteiger partial charge in [-0.2, -0.15) is 0 Å². The normalized spacial score (nSPS) is 12.7. The third kappa shape index (κ3) is 2.32. The van der Waals surface area contributed by atoms with Gasteiger partial charge < -0.3 is 0 Å². The number of hydrogen-bond acceptors (Lipinski definition) is 1. The Morgan fingerprint density at radius 3 is 1.76 bits per heavy atom. The van der Waals surface area contributed by atoms with Crippen molar-refractivity contribution < 1.29 is 0 Å². The zero-order chi connectivity index (χ0) is 14.2. The second-order valence-electron chi connectivity index (χ2n) is 4.85. The molecule has 0 saturated heterocycles. The van der Waals surface area contributed by atoms with Gasteiger partial charge in [0, 0.05) is 0 Å². The summed E-state index contributed by atoms with van der Waals surface area (Å²) in [6.07, 6.45) is 0. The van der Waals surface area contributed by atoms with Gasteiger partial charge in [-0.15, -0.1) is 0 Å². The van der Waals surface area contributed by atoms with E-state index >= 15 is 0 Å². The predicted octanol–water partition coefficient (Wildman–Crippen LogP) is 3.89. The van der Waals surface area contributed by atoms with Gasteiger partial charge in [0.25, 0.3) is 0 Å². The fourth-order valence-electron chi connectivity index (χ4n) is 2.57. The van der Waals surface area contributed by atoms with E-state index < -0.39 is 0 Å². The molecule has 1 nitrogen and oxygen atoms in total. The molecule has 0 unspecified atom stereocenters. The number of halogens is 1. The van der Waals surface area contributed by atoms with Gasteiger partial charge in [0.15, 0.2) is 0 Å². The van der Waals surface area contributed by atoms with Gasteiger partial charge in [0.2, 0.25) is 0 Å². The van der Waals surface area contributed by atoms with E-state index in [1.807, 2.05) is 0 Å². The Balaban J connectivity index is 1.95. The first-order valence-electron chi connectivity index (χ1n) is 6.74. The predicted molar refractivity (Wildman–Crippen MR) is 93.8 cm³/mol. The maximum absolute atomic E-state index is 3.52. The molecule has 1 heterocycles. The van der Waals surface area contributed by atoms with Crippen LogP contribution in [0.25, 0.3) is 0 Å². The number of nitrogens with zero attached hydrogens (tertiary/aromatic N) is 1. The van der Waals surface area contributed by atoms with Crippen LogP contribution in [0.3, 0.4) is 0 Å². The zero-order valence-electron chi connectivity index (χ0n) is 11.2. The van der Waals surface area contributed by atoms with Crippen LogP contribution >= 0.6 is 15.9 Å². The summed E-state index contributed by atoms with van der Waals surface area (Å²) < 4.78 is 3.98. The van der Waals surface area contributed by atoms with Crippen molar-refractivity contribution in [2.45, 2.75) is 0 Å². The molecule has 0 spiro atoms. The fraction of sp³-hybridized carbons (Fsp3) is 0. The van der Waals surface area contributed by atoms with Crippen molar-refractivity contribution in [3.8, 4) is 0 Å². The van der Waals surface area contributed by atoms with Crippen LogP contribution in [-0.4, -0.2) is 15.0 Å². The molecule has 0 saturated carbocycles. The summed E-state index contributed by atoms with van der Waals surface area (Å²) in [5.41, 5.74) is 3.81. The maximum atomic E-state index is 3.52. The van der Waals surface area contributed by atoms with E-state index in [1.165, 1.54) is 26.0 Å². The summed E-state index contributed by atoms with van der Waals surface area (Å²) in [5.74, 6) is 0. The first-order chi connectivity index (χ1) is 10.3. The average molecular weight is 401 g/mol. The molecule has 4 rings (SSSR count). The topological polar surface area (TPSA) is 3.24 Å². The summed E-state index contributed by atoms with van der Waals surface area (Å²) in [5, 5.41) is 0. The molecule has 0 aliphatic carbocycles. The molecule has 0 fully saturated rings. The molecule has 21 heavy (non-hydrogen) atoms. The number of anilines is 3. The zero-order valence-corrected chi connectivity index (χ0v) is 14.5. The Morgan fingerprint density at radius 1 is 0.667 bits per heavy atom. The van der Waals surface area contributed by atoms with Crippen LogP contribution < -0.4 is 13.8 Å². The van der Waals surface area contributed by atoms with Crippen molar-refractivity contribution in [1.29, 1.82) is 0 Å². The Labute approximate surface area is 138 Å². The van der Waals surface area contributed by atoms with Crippen molar-refractivity contribution in [1.82, 2.24) is 0 Å². The minimum absolute atomic E-state index is 0.374. The first-order valence-corrected chi connectivity index (χ1v) is 9.25. The fourth-order valence-corrected chi connectivity index (χ4v) is 5.06. The number of benzene rings is 3. The van der Waals surface area contributed by atoms with E-state index in [4.69, 9.17) is 0 Å². The molecule has 0 radical (unpaired) electrons. The van der Waals surface area contributed by atoms with Gasteiger partial charge in [-0.3, -0.25) is 0 Å². The molecule has 1 aliphatic rings. The van der Waals surface area contributed by atoms with Crippen LogP contribution in [0.4, 0.5) is 17.1 Å². The van der Waals surface area contributed by atoms with Crippen LogP contribution in [0.15, 0.2) is 77.3 Å². The molecular weight excluding hydrogens is 389 g/mol. The first kappa shape index (κ1) is 13.1. The Morgan fingerprint density at radius 2 is 1.19 bits per heavy atom. The van der Waals surface area contributed by atoms with E-state index in [0.29, 0.717) is 15.0 Å². The minimum atomic E-state index is 0.374. The number of fused-ring (bicyclic) bond motifs is 2. The molecule has 102 valence electrons. The third-order valence-electron chi connectivity index (χ3n) is 3.52. The monoisotopic (exact) mass is 401 g/mol. The standard InChI is InChI=1S/C18H12BrNSe/c19-13-9-11-14(12-10-13)20-15-5-1-3-7-17(15)21-18-8-4-2-6-16(18)20/h1-12H. The molecule has 0 aromatic heterocycles. The molecule has 0 N–H and O–H groups in total. The van der Waals surface area contributed by atoms with Crippen LogP contribution in [-0.2, 0) is 0 Å². The summed E-state index contributed by atoms with van der Waals surface area (Å²) in [6, 6.07) is 26.0. The van der Waals surface area contributed by atoms with Gasteiger partial charge in [-0.1, -0.05) is 0 Å². The van der Waals surface area contributed by atoms with Gasteiger partial charge in [0.1, 0.15) is 0 Å². The second kappa shape index (κ2) is 5.34. The number of hydrogen-bond donors (Lipinski definition) is 0. The average Bonchev–Trinajstić information content (AvgIpc) is 2.53. The molecule has 3 aromatic carbocycles. The quantitative estimate of drug-likeness (QED) is 0.438. The number of para-hydroxylation sites is 2. The van der Waals surface area contributed by atoms with Crippen LogP contribution in [0.5, 0.6) is 0 Å². The van der Waals surface area contributed by atoms with Crippen molar-refractivity contribution in [2.24, 2.45) is 0 Å². The summed E-state index contributed by atoms with van der Waals surface area (Å²) in [7, 11) is 0. The van der Waals surface area contributed by atoms with Gasteiger partial charge in [0.05, 0.1) is 0 Å². The molecule has 3 aromatic rings. The van der Waals surface area contributed by atoms with Gasteiger partial charge >= 0.3 is 139 Å². The van der Waals surface area contributed by atoms with E-state index in [2.05, 4.69) is 93.6 Å². The third-order valence-corrected chi connectivity index (χ3v) is 6.42. The Hall–Kier alpha value is -1.54. The molecular formula is C18H12BrNSe. The van der Waals surface area contributed by atoms with E-state index in [1.54, 1.807) is 0 Å². The van der Waals surface area contributed by atoms with Crippen LogP contribution in [0.2, 0.25) is 0 Å². The SMILES string of the molecule is Brc1ccc(N2c3ccccc3[Se]c3ccccc32)cc1. The van der Waals surface area contributed by atoms with E-state index in [-0.39, 0.29) is 0 Å². The Bertz CT molecular complexity index is 753. The molecule has 3 heteroatoms. The van der Waals surface area contributed by atoms with Crippen molar-refractivity contribution in [3.63, 3.8) is 0 Å². The van der Waals surface area contributed by atoms with Crippen molar-refractivity contribution in [3.05, 3.63) is 77.3 Å². The van der Waals surface area contributed by atoms with Crippen LogP contribution in [0, 0.1) is 0 Å². The van der Waals surface area contributed by atoms with E-state index in [9.17, 15) is 0 Å². The summed E-state index contributed by atoms with van der Waals surface area (Å²) >= 11 is 3.89. The van der Waals surface area contributed by atoms with Crippen molar-refractivity contribution in [2.75, 3.05) is 4.90 Å². The second-order valence-corrected chi connectivity index (χ2v) is 8.04. The van der Waals surface area contributed by atoms with Crippen molar-refractivity contribution >= 4 is 56.9 Å². The molecule has 0 atom stereocenters. The molecule has 0 bridgehead atoms. The number of rotatable bonds is 1. The van der Waals surface area contributed by atoms with Gasteiger partial charge in [-0.25, -0.2) is 0 Å². The van der Waals surface area contributed by atoms with Gasteiger partial charge in [-0.05, 0) is 0 Å².